The summed E-state index contributed by atoms with van der Waals surface area (Å²) in [5.74, 6) is 0. The Balaban J connectivity index is 2.26. The molecule has 0 radical (unpaired) electrons. The van der Waals surface area contributed by atoms with Gasteiger partial charge in [0.05, 0.1) is 5.44 Å². The van der Waals surface area contributed by atoms with E-state index in [0.717, 1.165) is 14.5 Å². The highest BCUT2D eigenvalue weighted by Gasteiger charge is 2.21. The van der Waals surface area contributed by atoms with Crippen LogP contribution in [0.15, 0.2) is 12.3 Å². The Bertz CT molecular complexity index is 386. The van der Waals surface area contributed by atoms with E-state index >= 15 is 0 Å². The quantitative estimate of drug-likeness (QED) is 0.795. The second-order valence-electron chi connectivity index (χ2n) is 4.30. The minimum Gasteiger partial charge on any atom is -0.299 e. The predicted molar refractivity (Wildman–Crippen MR) is 87.8 cm³/mol. The van der Waals surface area contributed by atoms with E-state index in [2.05, 4.69) is 40.7 Å². The number of nitrogens with zero attached hydrogens (tertiary/aromatic N) is 2. The molecule has 0 saturated carbocycles. The highest BCUT2D eigenvalue weighted by Crippen LogP contribution is 2.65. The molecular weight excluding hydrogens is 284 g/mol. The number of aromatic nitrogens is 1. The van der Waals surface area contributed by atoms with Crippen LogP contribution in [-0.4, -0.2) is 23.0 Å². The Hall–Kier alpha value is 0.830. The van der Waals surface area contributed by atoms with Gasteiger partial charge in [-0.1, -0.05) is 14.9 Å². The third-order valence-corrected chi connectivity index (χ3v) is 13.0. The fraction of sp³-hybridized carbons (Fsp3) is 0.545. The fourth-order valence-corrected chi connectivity index (χ4v) is 5.81. The average Bonchev–Trinajstić information content (AvgIpc) is 2.37. The minimum atomic E-state index is -0.147. The molecule has 0 spiro atoms. The van der Waals surface area contributed by atoms with E-state index < -0.39 is 0 Å². The summed E-state index contributed by atoms with van der Waals surface area (Å²) in [4.78, 5) is 7.20. The largest absolute Gasteiger partial charge is 0.299 e. The number of fused-ring (bicyclic) bond motifs is 1. The molecule has 0 aliphatic carbocycles. The van der Waals surface area contributed by atoms with Crippen molar-refractivity contribution in [2.75, 3.05) is 13.1 Å². The maximum atomic E-state index is 4.63. The third kappa shape index (κ3) is 3.43. The van der Waals surface area contributed by atoms with E-state index in [1.165, 1.54) is 42.5 Å². The molecule has 6 heteroatoms. The zero-order valence-corrected chi connectivity index (χ0v) is 14.4. The van der Waals surface area contributed by atoms with Crippen molar-refractivity contribution in [2.24, 2.45) is 0 Å². The summed E-state index contributed by atoms with van der Waals surface area (Å²) in [5.41, 5.74) is 4.40. The molecule has 0 fully saturated rings. The van der Waals surface area contributed by atoms with Gasteiger partial charge in [-0.2, -0.15) is 0 Å². The molecule has 1 aliphatic rings. The van der Waals surface area contributed by atoms with Gasteiger partial charge in [-0.3, -0.25) is 9.88 Å². The smallest absolute Gasteiger partial charge is 0.0760 e. The number of hydrogen-bond donors (Lipinski definition) is 0. The summed E-state index contributed by atoms with van der Waals surface area (Å²) in [6.45, 7) is 5.79. The molecule has 1 aliphatic heterocycles. The summed E-state index contributed by atoms with van der Waals surface area (Å²) in [6, 6.07) is 2.21. The van der Waals surface area contributed by atoms with Crippen molar-refractivity contribution in [1.82, 2.24) is 9.88 Å². The van der Waals surface area contributed by atoms with Gasteiger partial charge in [-0.15, -0.1) is 17.9 Å². The van der Waals surface area contributed by atoms with Gasteiger partial charge in [0, 0.05) is 19.3 Å². The zero-order chi connectivity index (χ0) is 12.3. The van der Waals surface area contributed by atoms with E-state index in [1.54, 1.807) is 0 Å². The molecule has 0 N–H and O–H groups in total. The Morgan fingerprint density at radius 2 is 2.41 bits per heavy atom. The Labute approximate surface area is 111 Å². The number of rotatable bonds is 4. The van der Waals surface area contributed by atoms with Crippen LogP contribution in [0.5, 0.6) is 0 Å². The van der Waals surface area contributed by atoms with Gasteiger partial charge in [0.15, 0.2) is 0 Å². The minimum absolute atomic E-state index is 0.147. The van der Waals surface area contributed by atoms with Gasteiger partial charge in [-0.05, 0) is 43.9 Å². The van der Waals surface area contributed by atoms with Crippen LogP contribution < -0.4 is 5.44 Å². The van der Waals surface area contributed by atoms with Crippen LogP contribution in [0.3, 0.4) is 0 Å². The van der Waals surface area contributed by atoms with Crippen LogP contribution in [0.1, 0.15) is 24.5 Å². The molecule has 0 bridgehead atoms. The van der Waals surface area contributed by atoms with Crippen molar-refractivity contribution in [3.8, 4) is 0 Å². The highest BCUT2D eigenvalue weighted by atomic mass is 32.6. The standard InChI is InChI=1S/C11H20N2P4/c1-2-6-13-7-4-9-3-5-12-11(10(9)8-13)17(15)16-14/h3,5,16H,2,4,6-8,14-15H2,1H3. The van der Waals surface area contributed by atoms with Crippen molar-refractivity contribution in [2.45, 2.75) is 26.3 Å². The molecule has 17 heavy (non-hydrogen) atoms. The molecule has 2 rings (SSSR count). The van der Waals surface area contributed by atoms with E-state index in [-0.39, 0.29) is 7.30 Å². The SMILES string of the molecule is CCCN1CCc2ccnc(P(P)PP)c2C1. The summed E-state index contributed by atoms with van der Waals surface area (Å²) < 4.78 is 0. The molecule has 4 atom stereocenters. The number of pyridine rings is 1. The normalized spacial score (nSPS) is 18.5. The van der Waals surface area contributed by atoms with Crippen LogP contribution in [0.2, 0.25) is 0 Å². The van der Waals surface area contributed by atoms with Gasteiger partial charge in [-0.25, -0.2) is 0 Å². The van der Waals surface area contributed by atoms with Gasteiger partial charge in [0.25, 0.3) is 0 Å². The lowest BCUT2D eigenvalue weighted by Crippen LogP contribution is -2.34. The number of hydrogen-bond acceptors (Lipinski definition) is 2. The Kier molecular flexibility index (Phi) is 5.73. The maximum Gasteiger partial charge on any atom is 0.0760 e. The molecule has 1 aromatic rings. The van der Waals surface area contributed by atoms with Gasteiger partial charge in [0.1, 0.15) is 0 Å². The topological polar surface area (TPSA) is 16.1 Å². The first kappa shape index (κ1) is 14.2. The van der Waals surface area contributed by atoms with E-state index in [0.29, 0.717) is 0 Å². The fourth-order valence-electron chi connectivity index (χ4n) is 2.28. The molecule has 0 amide bonds. The first-order valence-corrected chi connectivity index (χ1v) is 12.6. The second kappa shape index (κ2) is 6.84. The van der Waals surface area contributed by atoms with Crippen molar-refractivity contribution < 1.29 is 0 Å². The highest BCUT2D eigenvalue weighted by molar-refractivity contribution is 8.63. The molecule has 2 nitrogen and oxygen atoms in total. The monoisotopic (exact) mass is 304 g/mol. The summed E-state index contributed by atoms with van der Waals surface area (Å²) in [6.07, 6.45) is 4.43. The molecular formula is C11H20N2P4. The summed E-state index contributed by atoms with van der Waals surface area (Å²) in [5, 5.41) is 0. The van der Waals surface area contributed by atoms with E-state index in [4.69, 9.17) is 0 Å². The van der Waals surface area contributed by atoms with Gasteiger partial charge in [0.2, 0.25) is 0 Å². The van der Waals surface area contributed by atoms with Crippen LogP contribution in [-0.2, 0) is 13.0 Å². The van der Waals surface area contributed by atoms with Crippen molar-refractivity contribution in [3.63, 3.8) is 0 Å². The predicted octanol–water partition coefficient (Wildman–Crippen LogP) is 3.13. The van der Waals surface area contributed by atoms with Gasteiger partial charge >= 0.3 is 0 Å². The lowest BCUT2D eigenvalue weighted by atomic mass is 10.0. The maximum absolute atomic E-state index is 4.63. The zero-order valence-electron chi connectivity index (χ0n) is 10.2. The molecule has 1 aromatic heterocycles. The summed E-state index contributed by atoms with van der Waals surface area (Å²) >= 11 is 0. The Morgan fingerprint density at radius 3 is 3.12 bits per heavy atom. The first-order valence-electron chi connectivity index (χ1n) is 5.96. The van der Waals surface area contributed by atoms with E-state index in [1.807, 2.05) is 6.20 Å². The summed E-state index contributed by atoms with van der Waals surface area (Å²) in [7, 11) is 6.61. The van der Waals surface area contributed by atoms with Crippen molar-refractivity contribution in [3.05, 3.63) is 23.4 Å². The van der Waals surface area contributed by atoms with Gasteiger partial charge < -0.3 is 0 Å². The molecule has 94 valence electrons. The van der Waals surface area contributed by atoms with Crippen LogP contribution in [0.25, 0.3) is 0 Å². The first-order chi connectivity index (χ1) is 8.26. The average molecular weight is 304 g/mol. The second-order valence-corrected chi connectivity index (χ2v) is 13.4. The molecule has 0 saturated heterocycles. The van der Waals surface area contributed by atoms with Crippen LogP contribution in [0.4, 0.5) is 0 Å². The van der Waals surface area contributed by atoms with Crippen molar-refractivity contribution in [1.29, 1.82) is 0 Å². The van der Waals surface area contributed by atoms with Crippen LogP contribution in [0, 0.1) is 0 Å². The van der Waals surface area contributed by atoms with Crippen LogP contribution >= 0.6 is 33.1 Å². The molecule has 4 unspecified atom stereocenters. The lowest BCUT2D eigenvalue weighted by molar-refractivity contribution is 0.255. The molecule has 2 heterocycles. The third-order valence-electron chi connectivity index (χ3n) is 3.12. The lowest BCUT2D eigenvalue weighted by Gasteiger charge is -2.30. The van der Waals surface area contributed by atoms with E-state index in [9.17, 15) is 0 Å². The van der Waals surface area contributed by atoms with Crippen molar-refractivity contribution >= 4 is 38.5 Å². The molecule has 0 aromatic carbocycles. The Morgan fingerprint density at radius 1 is 1.59 bits per heavy atom.